The van der Waals surface area contributed by atoms with Crippen molar-refractivity contribution in [1.82, 2.24) is 9.47 Å². The molecular weight excluding hydrogens is 272 g/mol. The standard InChI is InChI=1S/C19H28N2O/c1-4-20-11-10-19(22)15(13-20)12-17-14(3)21(5-2)18-9-7-6-8-16(17)18/h6-9,15,19,22H,4-5,10-13H2,1-3H3. The van der Waals surface area contributed by atoms with Crippen molar-refractivity contribution in [2.75, 3.05) is 19.6 Å². The molecule has 2 unspecified atom stereocenters. The first-order valence-corrected chi connectivity index (χ1v) is 8.62. The maximum atomic E-state index is 10.4. The van der Waals surface area contributed by atoms with Crippen molar-refractivity contribution in [3.05, 3.63) is 35.5 Å². The highest BCUT2D eigenvalue weighted by Gasteiger charge is 2.28. The van der Waals surface area contributed by atoms with Crippen molar-refractivity contribution in [2.24, 2.45) is 5.92 Å². The van der Waals surface area contributed by atoms with Gasteiger partial charge in [0, 0.05) is 42.1 Å². The number of aromatic nitrogens is 1. The van der Waals surface area contributed by atoms with E-state index in [9.17, 15) is 5.11 Å². The minimum atomic E-state index is -0.161. The molecule has 0 aliphatic carbocycles. The SMILES string of the molecule is CCN1CCC(O)C(Cc2c(C)n(CC)c3ccccc23)C1. The van der Waals surface area contributed by atoms with E-state index in [1.165, 1.54) is 22.2 Å². The number of rotatable bonds is 4. The first-order chi connectivity index (χ1) is 10.7. The lowest BCUT2D eigenvalue weighted by Gasteiger charge is -2.35. The number of piperidine rings is 1. The molecule has 0 amide bonds. The summed E-state index contributed by atoms with van der Waals surface area (Å²) in [6, 6.07) is 8.69. The van der Waals surface area contributed by atoms with Crippen molar-refractivity contribution in [1.29, 1.82) is 0 Å². The van der Waals surface area contributed by atoms with Crippen LogP contribution < -0.4 is 0 Å². The Morgan fingerprint density at radius 1 is 1.18 bits per heavy atom. The zero-order valence-electron chi connectivity index (χ0n) is 14.0. The number of aryl methyl sites for hydroxylation is 1. The highest BCUT2D eigenvalue weighted by Crippen LogP contribution is 2.30. The molecule has 3 rings (SSSR count). The number of likely N-dealkylation sites (tertiary alicyclic amines) is 1. The van der Waals surface area contributed by atoms with Gasteiger partial charge in [0.05, 0.1) is 6.10 Å². The van der Waals surface area contributed by atoms with Gasteiger partial charge in [-0.3, -0.25) is 0 Å². The summed E-state index contributed by atoms with van der Waals surface area (Å²) in [5.41, 5.74) is 4.12. The second-order valence-electron chi connectivity index (χ2n) is 6.54. The fourth-order valence-corrected chi connectivity index (χ4v) is 4.01. The number of nitrogens with zero attached hydrogens (tertiary/aromatic N) is 2. The van der Waals surface area contributed by atoms with E-state index < -0.39 is 0 Å². The van der Waals surface area contributed by atoms with Gasteiger partial charge in [-0.05, 0) is 44.9 Å². The topological polar surface area (TPSA) is 28.4 Å². The number of aliphatic hydroxyl groups excluding tert-OH is 1. The Morgan fingerprint density at radius 2 is 1.95 bits per heavy atom. The molecule has 1 fully saturated rings. The van der Waals surface area contributed by atoms with Gasteiger partial charge in [0.2, 0.25) is 0 Å². The Labute approximate surface area is 133 Å². The number of hydrogen-bond donors (Lipinski definition) is 1. The molecule has 120 valence electrons. The molecule has 0 spiro atoms. The number of fused-ring (bicyclic) bond motifs is 1. The Bertz CT molecular complexity index is 646. The predicted molar refractivity (Wildman–Crippen MR) is 92.3 cm³/mol. The Kier molecular flexibility index (Phi) is 4.55. The van der Waals surface area contributed by atoms with Crippen LogP contribution in [0.1, 0.15) is 31.5 Å². The minimum Gasteiger partial charge on any atom is -0.393 e. The summed E-state index contributed by atoms with van der Waals surface area (Å²) in [7, 11) is 0. The summed E-state index contributed by atoms with van der Waals surface area (Å²) in [6.07, 6.45) is 1.73. The van der Waals surface area contributed by atoms with Gasteiger partial charge in [-0.15, -0.1) is 0 Å². The molecule has 1 aliphatic heterocycles. The van der Waals surface area contributed by atoms with Gasteiger partial charge in [0.15, 0.2) is 0 Å². The van der Waals surface area contributed by atoms with Crippen LogP contribution >= 0.6 is 0 Å². The third-order valence-corrected chi connectivity index (χ3v) is 5.37. The molecule has 3 heteroatoms. The zero-order valence-corrected chi connectivity index (χ0v) is 14.0. The minimum absolute atomic E-state index is 0.161. The monoisotopic (exact) mass is 300 g/mol. The quantitative estimate of drug-likeness (QED) is 0.939. The van der Waals surface area contributed by atoms with E-state index in [2.05, 4.69) is 54.5 Å². The van der Waals surface area contributed by atoms with E-state index >= 15 is 0 Å². The predicted octanol–water partition coefficient (Wildman–Crippen LogP) is 3.21. The average molecular weight is 300 g/mol. The third kappa shape index (κ3) is 2.68. The molecule has 0 bridgehead atoms. The smallest absolute Gasteiger partial charge is 0.0596 e. The first kappa shape index (κ1) is 15.6. The molecule has 1 N–H and O–H groups in total. The molecule has 0 radical (unpaired) electrons. The molecule has 2 aromatic rings. The van der Waals surface area contributed by atoms with E-state index in [0.717, 1.165) is 39.0 Å². The summed E-state index contributed by atoms with van der Waals surface area (Å²) < 4.78 is 2.40. The Morgan fingerprint density at radius 3 is 2.68 bits per heavy atom. The van der Waals surface area contributed by atoms with Gasteiger partial charge >= 0.3 is 0 Å². The van der Waals surface area contributed by atoms with Crippen molar-refractivity contribution < 1.29 is 5.11 Å². The van der Waals surface area contributed by atoms with Crippen molar-refractivity contribution in [2.45, 2.75) is 46.3 Å². The molecule has 1 saturated heterocycles. The largest absolute Gasteiger partial charge is 0.393 e. The number of hydrogen-bond acceptors (Lipinski definition) is 2. The van der Waals surface area contributed by atoms with Crippen LogP contribution in [0, 0.1) is 12.8 Å². The lowest BCUT2D eigenvalue weighted by molar-refractivity contribution is 0.0291. The molecule has 1 aliphatic rings. The molecule has 1 aromatic heterocycles. The van der Waals surface area contributed by atoms with Gasteiger partial charge in [-0.25, -0.2) is 0 Å². The number of para-hydroxylation sites is 1. The molecule has 22 heavy (non-hydrogen) atoms. The second-order valence-corrected chi connectivity index (χ2v) is 6.54. The van der Waals surface area contributed by atoms with Crippen molar-refractivity contribution >= 4 is 10.9 Å². The van der Waals surface area contributed by atoms with Gasteiger partial charge in [-0.2, -0.15) is 0 Å². The lowest BCUT2D eigenvalue weighted by Crippen LogP contribution is -2.43. The van der Waals surface area contributed by atoms with E-state index in [0.29, 0.717) is 5.92 Å². The van der Waals surface area contributed by atoms with Crippen LogP contribution in [0.3, 0.4) is 0 Å². The summed E-state index contributed by atoms with van der Waals surface area (Å²) in [6.45, 7) is 10.8. The molecule has 2 atom stereocenters. The van der Waals surface area contributed by atoms with E-state index in [4.69, 9.17) is 0 Å². The maximum absolute atomic E-state index is 10.4. The zero-order chi connectivity index (χ0) is 15.7. The fraction of sp³-hybridized carbons (Fsp3) is 0.579. The highest BCUT2D eigenvalue weighted by molar-refractivity contribution is 5.85. The van der Waals surface area contributed by atoms with E-state index in [-0.39, 0.29) is 6.10 Å². The average Bonchev–Trinajstić information content (AvgIpc) is 2.81. The summed E-state index contributed by atoms with van der Waals surface area (Å²) in [4.78, 5) is 2.46. The molecule has 3 nitrogen and oxygen atoms in total. The van der Waals surface area contributed by atoms with Crippen LogP contribution in [0.15, 0.2) is 24.3 Å². The van der Waals surface area contributed by atoms with Crippen LogP contribution in [0.25, 0.3) is 10.9 Å². The van der Waals surface area contributed by atoms with E-state index in [1.54, 1.807) is 0 Å². The van der Waals surface area contributed by atoms with Crippen LogP contribution in [0.4, 0.5) is 0 Å². The Hall–Kier alpha value is -1.32. The molecular formula is C19H28N2O. The summed E-state index contributed by atoms with van der Waals surface area (Å²) >= 11 is 0. The highest BCUT2D eigenvalue weighted by atomic mass is 16.3. The van der Waals surface area contributed by atoms with Crippen molar-refractivity contribution in [3.63, 3.8) is 0 Å². The van der Waals surface area contributed by atoms with Gasteiger partial charge in [0.1, 0.15) is 0 Å². The Balaban J connectivity index is 1.95. The van der Waals surface area contributed by atoms with Gasteiger partial charge in [-0.1, -0.05) is 25.1 Å². The molecule has 1 aromatic carbocycles. The lowest BCUT2D eigenvalue weighted by atomic mass is 9.88. The van der Waals surface area contributed by atoms with E-state index in [1.807, 2.05) is 0 Å². The van der Waals surface area contributed by atoms with Crippen LogP contribution in [0.5, 0.6) is 0 Å². The van der Waals surface area contributed by atoms with Gasteiger partial charge < -0.3 is 14.6 Å². The number of benzene rings is 1. The number of aliphatic hydroxyl groups is 1. The normalized spacial score (nSPS) is 23.3. The summed E-state index contributed by atoms with van der Waals surface area (Å²) in [5, 5.41) is 11.8. The van der Waals surface area contributed by atoms with Crippen LogP contribution in [-0.2, 0) is 13.0 Å². The van der Waals surface area contributed by atoms with Gasteiger partial charge in [0.25, 0.3) is 0 Å². The molecule has 2 heterocycles. The van der Waals surface area contributed by atoms with Crippen LogP contribution in [0.2, 0.25) is 0 Å². The maximum Gasteiger partial charge on any atom is 0.0596 e. The molecule has 0 saturated carbocycles. The third-order valence-electron chi connectivity index (χ3n) is 5.37. The van der Waals surface area contributed by atoms with Crippen molar-refractivity contribution in [3.8, 4) is 0 Å². The first-order valence-electron chi connectivity index (χ1n) is 8.62. The summed E-state index contributed by atoms with van der Waals surface area (Å²) in [5.74, 6) is 0.350. The fourth-order valence-electron chi connectivity index (χ4n) is 4.01. The second kappa shape index (κ2) is 6.43. The van der Waals surface area contributed by atoms with Crippen LogP contribution in [-0.4, -0.2) is 40.3 Å².